The standard InChI is InChI=1S/C14H12N4O/c19-14-13(15-7-8-17(14)10-5-6-10)18-9-16-11-3-1-2-4-12(11)18/h1-4,7-10H,5-6H2. The van der Waals surface area contributed by atoms with Gasteiger partial charge in [0, 0.05) is 18.4 Å². The van der Waals surface area contributed by atoms with Gasteiger partial charge < -0.3 is 4.57 Å². The highest BCUT2D eigenvalue weighted by molar-refractivity contribution is 5.76. The van der Waals surface area contributed by atoms with Crippen molar-refractivity contribution in [2.75, 3.05) is 0 Å². The van der Waals surface area contributed by atoms with Crippen LogP contribution in [0.4, 0.5) is 0 Å². The highest BCUT2D eigenvalue weighted by Gasteiger charge is 2.25. The SMILES string of the molecule is O=c1c(-n2cnc3ccccc32)nccn1C1CC1. The first kappa shape index (κ1) is 10.5. The van der Waals surface area contributed by atoms with Gasteiger partial charge in [0.1, 0.15) is 6.33 Å². The molecule has 2 aromatic heterocycles. The number of rotatable bonds is 2. The summed E-state index contributed by atoms with van der Waals surface area (Å²) < 4.78 is 3.54. The van der Waals surface area contributed by atoms with Crippen LogP contribution in [0.3, 0.4) is 0 Å². The quantitative estimate of drug-likeness (QED) is 0.700. The molecule has 1 aromatic carbocycles. The van der Waals surface area contributed by atoms with Gasteiger partial charge in [-0.05, 0) is 25.0 Å². The van der Waals surface area contributed by atoms with Crippen molar-refractivity contribution in [1.82, 2.24) is 19.1 Å². The molecule has 2 heterocycles. The predicted molar refractivity (Wildman–Crippen MR) is 71.4 cm³/mol. The number of imidazole rings is 1. The van der Waals surface area contributed by atoms with Crippen molar-refractivity contribution in [3.8, 4) is 5.82 Å². The first-order valence-electron chi connectivity index (χ1n) is 6.34. The summed E-state index contributed by atoms with van der Waals surface area (Å²) in [4.78, 5) is 21.0. The van der Waals surface area contributed by atoms with Gasteiger partial charge in [0.25, 0.3) is 5.56 Å². The summed E-state index contributed by atoms with van der Waals surface area (Å²) in [5.41, 5.74) is 1.72. The number of para-hydroxylation sites is 2. The van der Waals surface area contributed by atoms with Gasteiger partial charge in [-0.2, -0.15) is 0 Å². The molecular formula is C14H12N4O. The van der Waals surface area contributed by atoms with E-state index in [4.69, 9.17) is 0 Å². The van der Waals surface area contributed by atoms with Gasteiger partial charge in [-0.15, -0.1) is 0 Å². The Morgan fingerprint density at radius 1 is 1.16 bits per heavy atom. The molecular weight excluding hydrogens is 240 g/mol. The Hall–Kier alpha value is -2.43. The van der Waals surface area contributed by atoms with E-state index >= 15 is 0 Å². The van der Waals surface area contributed by atoms with E-state index in [2.05, 4.69) is 9.97 Å². The normalized spacial score (nSPS) is 14.9. The second kappa shape index (κ2) is 3.78. The number of nitrogens with zero attached hydrogens (tertiary/aromatic N) is 4. The van der Waals surface area contributed by atoms with Gasteiger partial charge in [-0.3, -0.25) is 9.36 Å². The molecule has 94 valence electrons. The Morgan fingerprint density at radius 3 is 2.84 bits per heavy atom. The van der Waals surface area contributed by atoms with Crippen molar-refractivity contribution in [2.24, 2.45) is 0 Å². The van der Waals surface area contributed by atoms with E-state index in [1.54, 1.807) is 27.9 Å². The molecule has 19 heavy (non-hydrogen) atoms. The van der Waals surface area contributed by atoms with Crippen molar-refractivity contribution in [1.29, 1.82) is 0 Å². The molecule has 5 heteroatoms. The maximum Gasteiger partial charge on any atom is 0.294 e. The Labute approximate surface area is 109 Å². The van der Waals surface area contributed by atoms with Crippen molar-refractivity contribution in [2.45, 2.75) is 18.9 Å². The lowest BCUT2D eigenvalue weighted by molar-refractivity contribution is 0.689. The molecule has 5 nitrogen and oxygen atoms in total. The third-order valence-electron chi connectivity index (χ3n) is 3.47. The number of fused-ring (bicyclic) bond motifs is 1. The average molecular weight is 252 g/mol. The van der Waals surface area contributed by atoms with Crippen LogP contribution in [0.15, 0.2) is 47.8 Å². The summed E-state index contributed by atoms with van der Waals surface area (Å²) in [6.45, 7) is 0. The van der Waals surface area contributed by atoms with E-state index in [0.29, 0.717) is 11.9 Å². The van der Waals surface area contributed by atoms with Crippen molar-refractivity contribution in [3.05, 3.63) is 53.3 Å². The van der Waals surface area contributed by atoms with Crippen LogP contribution in [0.2, 0.25) is 0 Å². The lowest BCUT2D eigenvalue weighted by Crippen LogP contribution is -2.24. The molecule has 0 spiro atoms. The number of benzene rings is 1. The lowest BCUT2D eigenvalue weighted by atomic mass is 10.3. The van der Waals surface area contributed by atoms with E-state index in [0.717, 1.165) is 23.9 Å². The molecule has 1 aliphatic rings. The first-order valence-corrected chi connectivity index (χ1v) is 6.34. The predicted octanol–water partition coefficient (Wildman–Crippen LogP) is 1.92. The van der Waals surface area contributed by atoms with Crippen molar-refractivity contribution >= 4 is 11.0 Å². The Bertz CT molecular complexity index is 813. The van der Waals surface area contributed by atoms with Crippen LogP contribution in [0.5, 0.6) is 0 Å². The van der Waals surface area contributed by atoms with E-state index < -0.39 is 0 Å². The largest absolute Gasteiger partial charge is 0.308 e. The highest BCUT2D eigenvalue weighted by atomic mass is 16.1. The van der Waals surface area contributed by atoms with Crippen LogP contribution in [0.25, 0.3) is 16.9 Å². The molecule has 0 radical (unpaired) electrons. The fraction of sp³-hybridized carbons (Fsp3) is 0.214. The van der Waals surface area contributed by atoms with Gasteiger partial charge in [0.05, 0.1) is 11.0 Å². The van der Waals surface area contributed by atoms with Crippen LogP contribution in [0.1, 0.15) is 18.9 Å². The molecule has 1 saturated carbocycles. The van der Waals surface area contributed by atoms with Crippen LogP contribution < -0.4 is 5.56 Å². The van der Waals surface area contributed by atoms with Gasteiger partial charge in [-0.25, -0.2) is 9.97 Å². The van der Waals surface area contributed by atoms with Gasteiger partial charge in [0.2, 0.25) is 5.82 Å². The lowest BCUT2D eigenvalue weighted by Gasteiger charge is -2.06. The average Bonchev–Trinajstić information content (AvgIpc) is 3.19. The molecule has 0 aliphatic heterocycles. The van der Waals surface area contributed by atoms with Crippen molar-refractivity contribution in [3.63, 3.8) is 0 Å². The molecule has 0 bridgehead atoms. The van der Waals surface area contributed by atoms with Gasteiger partial charge in [0.15, 0.2) is 0 Å². The first-order chi connectivity index (χ1) is 9.34. The fourth-order valence-electron chi connectivity index (χ4n) is 2.35. The fourth-order valence-corrected chi connectivity index (χ4v) is 2.35. The summed E-state index contributed by atoms with van der Waals surface area (Å²) >= 11 is 0. The Kier molecular flexibility index (Phi) is 2.09. The molecule has 0 unspecified atom stereocenters. The van der Waals surface area contributed by atoms with Crippen LogP contribution in [-0.4, -0.2) is 19.1 Å². The molecule has 3 aromatic rings. The second-order valence-corrected chi connectivity index (χ2v) is 4.80. The van der Waals surface area contributed by atoms with E-state index in [-0.39, 0.29) is 5.56 Å². The Morgan fingerprint density at radius 2 is 2.00 bits per heavy atom. The zero-order valence-electron chi connectivity index (χ0n) is 10.2. The van der Waals surface area contributed by atoms with E-state index in [1.807, 2.05) is 24.3 Å². The summed E-state index contributed by atoms with van der Waals surface area (Å²) in [6, 6.07) is 8.08. The third-order valence-corrected chi connectivity index (χ3v) is 3.47. The van der Waals surface area contributed by atoms with Crippen LogP contribution >= 0.6 is 0 Å². The number of aromatic nitrogens is 4. The van der Waals surface area contributed by atoms with E-state index in [1.165, 1.54) is 0 Å². The molecule has 4 rings (SSSR count). The summed E-state index contributed by atoms with van der Waals surface area (Å²) in [5.74, 6) is 0.420. The zero-order chi connectivity index (χ0) is 12.8. The third kappa shape index (κ3) is 1.58. The molecule has 0 N–H and O–H groups in total. The smallest absolute Gasteiger partial charge is 0.294 e. The van der Waals surface area contributed by atoms with Crippen LogP contribution in [-0.2, 0) is 0 Å². The van der Waals surface area contributed by atoms with Gasteiger partial charge >= 0.3 is 0 Å². The maximum absolute atomic E-state index is 12.4. The minimum atomic E-state index is -0.0480. The Balaban J connectivity index is 1.97. The van der Waals surface area contributed by atoms with Crippen LogP contribution in [0, 0.1) is 0 Å². The second-order valence-electron chi connectivity index (χ2n) is 4.80. The zero-order valence-corrected chi connectivity index (χ0v) is 10.2. The highest BCUT2D eigenvalue weighted by Crippen LogP contribution is 2.33. The summed E-state index contributed by atoms with van der Waals surface area (Å²) in [5, 5.41) is 0. The minimum Gasteiger partial charge on any atom is -0.308 e. The molecule has 1 aliphatic carbocycles. The number of hydrogen-bond acceptors (Lipinski definition) is 3. The summed E-state index contributed by atoms with van der Waals surface area (Å²) in [7, 11) is 0. The van der Waals surface area contributed by atoms with E-state index in [9.17, 15) is 4.79 Å². The molecule has 0 saturated heterocycles. The minimum absolute atomic E-state index is 0.0480. The van der Waals surface area contributed by atoms with Gasteiger partial charge in [-0.1, -0.05) is 12.1 Å². The molecule has 0 amide bonds. The molecule has 1 fully saturated rings. The molecule has 0 atom stereocenters. The number of hydrogen-bond donors (Lipinski definition) is 0. The topological polar surface area (TPSA) is 52.7 Å². The summed E-state index contributed by atoms with van der Waals surface area (Å²) in [6.07, 6.45) is 7.26. The van der Waals surface area contributed by atoms with Crippen molar-refractivity contribution < 1.29 is 0 Å². The monoisotopic (exact) mass is 252 g/mol. The maximum atomic E-state index is 12.4.